The molecule has 2 saturated carbocycles. The number of allylic oxidation sites excluding steroid dienone is 1. The molecular formula is C43H77N4O+. The summed E-state index contributed by atoms with van der Waals surface area (Å²) in [4.78, 5) is 9.53. The van der Waals surface area contributed by atoms with Crippen LogP contribution in [0.1, 0.15) is 142 Å². The smallest absolute Gasteiger partial charge is 0.123 e. The summed E-state index contributed by atoms with van der Waals surface area (Å²) in [6.07, 6.45) is 22.0. The molecule has 3 fully saturated rings. The van der Waals surface area contributed by atoms with Crippen LogP contribution in [0.25, 0.3) is 0 Å². The minimum atomic E-state index is 0.592. The van der Waals surface area contributed by atoms with E-state index in [4.69, 9.17) is 4.74 Å². The minimum Gasteiger partial charge on any atom is -0.493 e. The highest BCUT2D eigenvalue weighted by Crippen LogP contribution is 2.65. The highest BCUT2D eigenvalue weighted by Gasteiger charge is 2.52. The zero-order valence-electron chi connectivity index (χ0n) is 33.3. The highest BCUT2D eigenvalue weighted by molar-refractivity contribution is 5.88. The van der Waals surface area contributed by atoms with E-state index >= 15 is 0 Å². The monoisotopic (exact) mass is 666 g/mol. The first-order chi connectivity index (χ1) is 23.1. The average Bonchev–Trinajstić information content (AvgIpc) is 3.92. The number of ether oxygens (including phenoxy) is 1. The third-order valence-electron chi connectivity index (χ3n) is 10.4. The Morgan fingerprint density at radius 1 is 1.06 bits per heavy atom. The first-order valence-corrected chi connectivity index (χ1v) is 19.9. The summed E-state index contributed by atoms with van der Waals surface area (Å²) in [6, 6.07) is 7.58. The van der Waals surface area contributed by atoms with E-state index in [1.54, 1.807) is 25.7 Å². The zero-order chi connectivity index (χ0) is 35.6. The van der Waals surface area contributed by atoms with Gasteiger partial charge in [-0.15, -0.1) is 6.58 Å². The maximum absolute atomic E-state index is 5.96. The van der Waals surface area contributed by atoms with Crippen molar-refractivity contribution in [3.8, 4) is 5.75 Å². The standard InChI is InChI=1S/C23H30N2O.C11H27N2.C5H8.2C2H6/c1-3-12-25-16-19(14-21(25)8-7-20-5-4-11-24-20)18-6-9-22-17(2)10-13-26-23(22)15-18;1-6-7-9-12(2)10-8-11-13(3,4)5;1-2-5(1)3-4-5;2*1-2/h3-4,6,9,11,15,17,19,21H,1,5,7-8,10,12-14,16H2,2H3;6-11H2,1-5H3;1-4H2;2*1-2H3/q;+1;;;. The zero-order valence-corrected chi connectivity index (χ0v) is 33.3. The molecule has 1 aromatic rings. The summed E-state index contributed by atoms with van der Waals surface area (Å²) < 4.78 is 7.04. The van der Waals surface area contributed by atoms with Crippen molar-refractivity contribution in [3.63, 3.8) is 0 Å². The maximum atomic E-state index is 5.96. The Kier molecular flexibility index (Phi) is 19.3. The third kappa shape index (κ3) is 15.3. The molecule has 5 nitrogen and oxygen atoms in total. The predicted molar refractivity (Wildman–Crippen MR) is 212 cm³/mol. The van der Waals surface area contributed by atoms with Crippen LogP contribution in [0.3, 0.4) is 0 Å². The number of unbranched alkanes of at least 4 members (excludes halogenated alkanes) is 1. The Morgan fingerprint density at radius 2 is 1.75 bits per heavy atom. The number of quaternary nitrogens is 1. The van der Waals surface area contributed by atoms with Gasteiger partial charge < -0.3 is 14.1 Å². The molecule has 0 amide bonds. The lowest BCUT2D eigenvalue weighted by Crippen LogP contribution is -2.37. The van der Waals surface area contributed by atoms with Gasteiger partial charge in [0.2, 0.25) is 0 Å². The van der Waals surface area contributed by atoms with E-state index in [-0.39, 0.29) is 0 Å². The van der Waals surface area contributed by atoms with Gasteiger partial charge in [0.15, 0.2) is 0 Å². The van der Waals surface area contributed by atoms with Gasteiger partial charge in [0.1, 0.15) is 5.75 Å². The first kappa shape index (κ1) is 42.2. The van der Waals surface area contributed by atoms with Crippen LogP contribution < -0.4 is 4.74 Å². The summed E-state index contributed by atoms with van der Waals surface area (Å²) in [5, 5.41) is 0. The van der Waals surface area contributed by atoms with E-state index < -0.39 is 0 Å². The van der Waals surface area contributed by atoms with Crippen LogP contribution in [0.4, 0.5) is 0 Å². The van der Waals surface area contributed by atoms with Crippen molar-refractivity contribution in [2.45, 2.75) is 136 Å². The molecule has 0 N–H and O–H groups in total. The molecule has 1 saturated heterocycles. The van der Waals surface area contributed by atoms with Crippen LogP contribution in [-0.2, 0) is 0 Å². The predicted octanol–water partition coefficient (Wildman–Crippen LogP) is 10.5. The van der Waals surface area contributed by atoms with Crippen molar-refractivity contribution in [1.29, 1.82) is 0 Å². The number of aliphatic imine (C=N–C) groups is 1. The van der Waals surface area contributed by atoms with Crippen molar-refractivity contribution in [2.24, 2.45) is 10.4 Å². The molecule has 0 aromatic heterocycles. The second-order valence-corrected chi connectivity index (χ2v) is 15.5. The summed E-state index contributed by atoms with van der Waals surface area (Å²) in [5.41, 5.74) is 5.15. The van der Waals surface area contributed by atoms with Gasteiger partial charge in [-0.1, -0.05) is 72.2 Å². The lowest BCUT2D eigenvalue weighted by atomic mass is 9.89. The summed E-state index contributed by atoms with van der Waals surface area (Å²) in [7, 11) is 9.00. The molecule has 1 aromatic carbocycles. The molecule has 48 heavy (non-hydrogen) atoms. The van der Waals surface area contributed by atoms with E-state index in [1.165, 1.54) is 68.6 Å². The van der Waals surface area contributed by atoms with E-state index in [0.29, 0.717) is 17.9 Å². The Morgan fingerprint density at radius 3 is 2.31 bits per heavy atom. The normalized spacial score (nSPS) is 22.7. The molecule has 3 heterocycles. The van der Waals surface area contributed by atoms with Gasteiger partial charge in [-0.2, -0.15) is 0 Å². The quantitative estimate of drug-likeness (QED) is 0.155. The molecule has 274 valence electrons. The third-order valence-corrected chi connectivity index (χ3v) is 10.4. The number of hydrogen-bond donors (Lipinski definition) is 0. The van der Waals surface area contributed by atoms with E-state index in [2.05, 4.69) is 87.7 Å². The minimum absolute atomic E-state index is 0.592. The fourth-order valence-corrected chi connectivity index (χ4v) is 6.86. The molecule has 3 aliphatic heterocycles. The molecule has 0 bridgehead atoms. The van der Waals surface area contributed by atoms with E-state index in [0.717, 1.165) is 54.6 Å². The van der Waals surface area contributed by atoms with Gasteiger partial charge in [0.05, 0.1) is 34.3 Å². The maximum Gasteiger partial charge on any atom is 0.123 e. The van der Waals surface area contributed by atoms with Crippen molar-refractivity contribution in [2.75, 3.05) is 67.5 Å². The summed E-state index contributed by atoms with van der Waals surface area (Å²) in [6.45, 7) is 23.2. The second kappa shape index (κ2) is 22.0. The fraction of sp³-hybridized carbons (Fsp3) is 0.744. The molecule has 1 spiro atoms. The molecule has 6 rings (SSSR count). The van der Waals surface area contributed by atoms with Gasteiger partial charge in [-0.25, -0.2) is 0 Å². The molecule has 0 radical (unpaired) electrons. The lowest BCUT2D eigenvalue weighted by Gasteiger charge is -2.25. The van der Waals surface area contributed by atoms with E-state index in [9.17, 15) is 0 Å². The molecule has 5 heteroatoms. The van der Waals surface area contributed by atoms with Gasteiger partial charge in [-0.05, 0) is 106 Å². The molecule has 5 aliphatic rings. The van der Waals surface area contributed by atoms with Crippen molar-refractivity contribution < 1.29 is 9.22 Å². The number of nitrogens with zero attached hydrogens (tertiary/aromatic N) is 4. The number of rotatable bonds is 13. The SMILES string of the molecule is C1CC12CC2.C=CCN1CC(c2ccc3c(c2)OCCC3C)CC1CCC1=NC=CC1.CC.CC.CCCCN(C)CCC[N+](C)(C)C. The first-order valence-electron chi connectivity index (χ1n) is 19.9. The van der Waals surface area contributed by atoms with Gasteiger partial charge in [0.25, 0.3) is 0 Å². The van der Waals surface area contributed by atoms with Crippen molar-refractivity contribution >= 4 is 5.71 Å². The second-order valence-electron chi connectivity index (χ2n) is 15.5. The van der Waals surface area contributed by atoms with E-state index in [1.807, 2.05) is 40.0 Å². The van der Waals surface area contributed by atoms with Crippen LogP contribution in [-0.4, -0.2) is 93.6 Å². The Balaban J connectivity index is 0.000000301. The average molecular weight is 666 g/mol. The summed E-state index contributed by atoms with van der Waals surface area (Å²) in [5.74, 6) is 2.32. The van der Waals surface area contributed by atoms with Crippen LogP contribution in [0.5, 0.6) is 5.75 Å². The van der Waals surface area contributed by atoms with Crippen LogP contribution in [0, 0.1) is 5.41 Å². The van der Waals surface area contributed by atoms with Crippen LogP contribution in [0.15, 0.2) is 48.1 Å². The fourth-order valence-electron chi connectivity index (χ4n) is 6.86. The number of hydrogen-bond acceptors (Lipinski definition) is 4. The number of benzene rings is 1. The molecule has 3 unspecified atom stereocenters. The number of fused-ring (bicyclic) bond motifs is 1. The highest BCUT2D eigenvalue weighted by atomic mass is 16.5. The van der Waals surface area contributed by atoms with Gasteiger partial charge in [0, 0.05) is 50.4 Å². The van der Waals surface area contributed by atoms with Gasteiger partial charge >= 0.3 is 0 Å². The summed E-state index contributed by atoms with van der Waals surface area (Å²) >= 11 is 0. The molecule has 2 aliphatic carbocycles. The van der Waals surface area contributed by atoms with Crippen molar-refractivity contribution in [3.05, 3.63) is 54.3 Å². The van der Waals surface area contributed by atoms with Crippen molar-refractivity contribution in [1.82, 2.24) is 9.80 Å². The molecular weight excluding hydrogens is 589 g/mol. The Bertz CT molecular complexity index is 1080. The topological polar surface area (TPSA) is 28.1 Å². The van der Waals surface area contributed by atoms with Crippen LogP contribution in [0.2, 0.25) is 0 Å². The number of likely N-dealkylation sites (tertiary alicyclic amines) is 1. The lowest BCUT2D eigenvalue weighted by molar-refractivity contribution is -0.870. The van der Waals surface area contributed by atoms with Gasteiger partial charge in [-0.3, -0.25) is 9.89 Å². The molecule has 3 atom stereocenters. The Hall–Kier alpha value is -1.95. The Labute approximate surface area is 298 Å². The largest absolute Gasteiger partial charge is 0.493 e. The van der Waals surface area contributed by atoms with Crippen LogP contribution >= 0.6 is 0 Å².